The van der Waals surface area contributed by atoms with Gasteiger partial charge in [0, 0.05) is 24.4 Å². The second-order valence-electron chi connectivity index (χ2n) is 4.31. The van der Waals surface area contributed by atoms with Gasteiger partial charge in [-0.3, -0.25) is 0 Å². The van der Waals surface area contributed by atoms with Crippen LogP contribution in [-0.2, 0) is 6.54 Å². The molecule has 106 valence electrons. The van der Waals surface area contributed by atoms with Crippen molar-refractivity contribution in [1.29, 1.82) is 0 Å². The Balaban J connectivity index is 2.09. The predicted octanol–water partition coefficient (Wildman–Crippen LogP) is 3.32. The molecule has 0 aliphatic carbocycles. The first-order valence-corrected chi connectivity index (χ1v) is 6.35. The summed E-state index contributed by atoms with van der Waals surface area (Å²) >= 11 is 0. The van der Waals surface area contributed by atoms with Gasteiger partial charge < -0.3 is 19.5 Å². The van der Waals surface area contributed by atoms with Crippen molar-refractivity contribution in [2.45, 2.75) is 6.54 Å². The lowest BCUT2D eigenvalue weighted by atomic mass is 10.2. The van der Waals surface area contributed by atoms with Gasteiger partial charge in [-0.05, 0) is 29.8 Å². The van der Waals surface area contributed by atoms with Crippen molar-refractivity contribution in [2.24, 2.45) is 0 Å². The Bertz CT molecular complexity index is 547. The van der Waals surface area contributed by atoms with Crippen molar-refractivity contribution in [3.05, 3.63) is 48.0 Å². The zero-order valence-electron chi connectivity index (χ0n) is 12.0. The third-order valence-corrected chi connectivity index (χ3v) is 2.98. The Morgan fingerprint density at radius 3 is 2.05 bits per heavy atom. The lowest BCUT2D eigenvalue weighted by Gasteiger charge is -2.11. The summed E-state index contributed by atoms with van der Waals surface area (Å²) in [5, 5.41) is 3.35. The van der Waals surface area contributed by atoms with E-state index >= 15 is 0 Å². The highest BCUT2D eigenvalue weighted by Gasteiger charge is 2.02. The molecule has 0 bridgehead atoms. The smallest absolute Gasteiger partial charge is 0.122 e. The van der Waals surface area contributed by atoms with E-state index in [1.165, 1.54) is 0 Å². The summed E-state index contributed by atoms with van der Waals surface area (Å²) in [4.78, 5) is 0. The molecule has 2 aromatic carbocycles. The van der Waals surface area contributed by atoms with Crippen LogP contribution < -0.4 is 19.5 Å². The van der Waals surface area contributed by atoms with Crippen LogP contribution in [0.25, 0.3) is 0 Å². The van der Waals surface area contributed by atoms with Crippen LogP contribution in [0.15, 0.2) is 42.5 Å². The molecule has 0 saturated carbocycles. The van der Waals surface area contributed by atoms with Crippen LogP contribution in [0.1, 0.15) is 5.56 Å². The van der Waals surface area contributed by atoms with E-state index in [0.29, 0.717) is 6.54 Å². The van der Waals surface area contributed by atoms with Gasteiger partial charge in [0.15, 0.2) is 0 Å². The minimum Gasteiger partial charge on any atom is -0.497 e. The number of hydrogen-bond donors (Lipinski definition) is 1. The van der Waals surface area contributed by atoms with Crippen LogP contribution in [-0.4, -0.2) is 21.3 Å². The van der Waals surface area contributed by atoms with Crippen LogP contribution >= 0.6 is 0 Å². The summed E-state index contributed by atoms with van der Waals surface area (Å²) in [7, 11) is 4.95. The molecule has 0 aliphatic heterocycles. The van der Waals surface area contributed by atoms with Crippen LogP contribution in [0.2, 0.25) is 0 Å². The van der Waals surface area contributed by atoms with E-state index in [4.69, 9.17) is 14.2 Å². The number of rotatable bonds is 6. The Hall–Kier alpha value is -2.36. The highest BCUT2D eigenvalue weighted by atomic mass is 16.5. The average molecular weight is 273 g/mol. The molecule has 0 aromatic heterocycles. The third kappa shape index (κ3) is 3.57. The molecule has 0 aliphatic rings. The summed E-state index contributed by atoms with van der Waals surface area (Å²) in [6.07, 6.45) is 0. The fourth-order valence-electron chi connectivity index (χ4n) is 1.91. The van der Waals surface area contributed by atoms with Crippen LogP contribution in [0.3, 0.4) is 0 Å². The number of anilines is 1. The Kier molecular flexibility index (Phi) is 4.71. The van der Waals surface area contributed by atoms with Crippen molar-refractivity contribution in [2.75, 3.05) is 26.6 Å². The molecule has 0 heterocycles. The molecule has 0 atom stereocenters. The summed E-state index contributed by atoms with van der Waals surface area (Å²) in [5.41, 5.74) is 2.09. The summed E-state index contributed by atoms with van der Waals surface area (Å²) < 4.78 is 15.7. The van der Waals surface area contributed by atoms with Gasteiger partial charge in [-0.15, -0.1) is 0 Å². The zero-order chi connectivity index (χ0) is 14.4. The van der Waals surface area contributed by atoms with Crippen molar-refractivity contribution < 1.29 is 14.2 Å². The zero-order valence-corrected chi connectivity index (χ0v) is 12.0. The summed E-state index contributed by atoms with van der Waals surface area (Å²) in [6, 6.07) is 13.6. The van der Waals surface area contributed by atoms with Gasteiger partial charge in [0.1, 0.15) is 17.2 Å². The van der Waals surface area contributed by atoms with E-state index in [-0.39, 0.29) is 0 Å². The first-order valence-electron chi connectivity index (χ1n) is 6.35. The van der Waals surface area contributed by atoms with Crippen LogP contribution in [0.4, 0.5) is 5.69 Å². The highest BCUT2D eigenvalue weighted by Crippen LogP contribution is 2.23. The first-order chi connectivity index (χ1) is 9.75. The van der Waals surface area contributed by atoms with Crippen molar-refractivity contribution in [3.63, 3.8) is 0 Å². The molecule has 0 spiro atoms. The lowest BCUT2D eigenvalue weighted by molar-refractivity contribution is 0.393. The second-order valence-corrected chi connectivity index (χ2v) is 4.31. The molecule has 4 heteroatoms. The fourth-order valence-corrected chi connectivity index (χ4v) is 1.91. The number of benzene rings is 2. The molecule has 0 radical (unpaired) electrons. The number of methoxy groups -OCH3 is 3. The van der Waals surface area contributed by atoms with Gasteiger partial charge in [0.25, 0.3) is 0 Å². The van der Waals surface area contributed by atoms with Gasteiger partial charge >= 0.3 is 0 Å². The normalized spacial score (nSPS) is 9.95. The lowest BCUT2D eigenvalue weighted by Crippen LogP contribution is -2.00. The van der Waals surface area contributed by atoms with E-state index < -0.39 is 0 Å². The molecule has 2 aromatic rings. The van der Waals surface area contributed by atoms with E-state index in [1.807, 2.05) is 42.5 Å². The van der Waals surface area contributed by atoms with Gasteiger partial charge in [-0.1, -0.05) is 6.07 Å². The van der Waals surface area contributed by atoms with E-state index in [2.05, 4.69) is 5.32 Å². The molecule has 0 fully saturated rings. The average Bonchev–Trinajstić information content (AvgIpc) is 2.52. The monoisotopic (exact) mass is 273 g/mol. The fraction of sp³-hybridized carbons (Fsp3) is 0.250. The molecule has 0 unspecified atom stereocenters. The van der Waals surface area contributed by atoms with E-state index in [0.717, 1.165) is 28.5 Å². The van der Waals surface area contributed by atoms with Crippen molar-refractivity contribution in [1.82, 2.24) is 0 Å². The van der Waals surface area contributed by atoms with Gasteiger partial charge in [-0.25, -0.2) is 0 Å². The van der Waals surface area contributed by atoms with Gasteiger partial charge in [-0.2, -0.15) is 0 Å². The molecule has 0 saturated heterocycles. The number of nitrogens with one attached hydrogen (secondary N) is 1. The number of hydrogen-bond acceptors (Lipinski definition) is 4. The third-order valence-electron chi connectivity index (χ3n) is 2.98. The van der Waals surface area contributed by atoms with Crippen molar-refractivity contribution in [3.8, 4) is 17.2 Å². The quantitative estimate of drug-likeness (QED) is 0.876. The minimum atomic E-state index is 0.681. The molecule has 20 heavy (non-hydrogen) atoms. The van der Waals surface area contributed by atoms with Crippen LogP contribution in [0.5, 0.6) is 17.2 Å². The first kappa shape index (κ1) is 14.1. The summed E-state index contributed by atoms with van der Waals surface area (Å²) in [5.74, 6) is 2.40. The summed E-state index contributed by atoms with van der Waals surface area (Å²) in [6.45, 7) is 0.681. The Labute approximate surface area is 119 Å². The molecular formula is C16H19NO3. The highest BCUT2D eigenvalue weighted by molar-refractivity contribution is 5.49. The molecular weight excluding hydrogens is 254 g/mol. The maximum atomic E-state index is 5.26. The molecule has 2 rings (SSSR count). The largest absolute Gasteiger partial charge is 0.497 e. The topological polar surface area (TPSA) is 39.7 Å². The molecule has 4 nitrogen and oxygen atoms in total. The van der Waals surface area contributed by atoms with E-state index in [9.17, 15) is 0 Å². The SMILES string of the molecule is COc1cccc(NCc2cc(OC)cc(OC)c2)c1. The predicted molar refractivity (Wildman–Crippen MR) is 79.9 cm³/mol. The molecule has 1 N–H and O–H groups in total. The van der Waals surface area contributed by atoms with Gasteiger partial charge in [0.05, 0.1) is 21.3 Å². The second kappa shape index (κ2) is 6.70. The maximum Gasteiger partial charge on any atom is 0.122 e. The van der Waals surface area contributed by atoms with Gasteiger partial charge in [0.2, 0.25) is 0 Å². The van der Waals surface area contributed by atoms with E-state index in [1.54, 1.807) is 21.3 Å². The Morgan fingerprint density at radius 2 is 1.45 bits per heavy atom. The van der Waals surface area contributed by atoms with Crippen molar-refractivity contribution >= 4 is 5.69 Å². The minimum absolute atomic E-state index is 0.681. The standard InChI is InChI=1S/C16H19NO3/c1-18-14-6-4-5-13(9-14)17-11-12-7-15(19-2)10-16(8-12)20-3/h4-10,17H,11H2,1-3H3. The van der Waals surface area contributed by atoms with Crippen LogP contribution in [0, 0.1) is 0 Å². The Morgan fingerprint density at radius 1 is 0.800 bits per heavy atom. The maximum absolute atomic E-state index is 5.26. The molecule has 0 amide bonds. The number of ether oxygens (including phenoxy) is 3.